The van der Waals surface area contributed by atoms with Crippen LogP contribution in [0.25, 0.3) is 0 Å². The average molecular weight is 284 g/mol. The van der Waals surface area contributed by atoms with Crippen LogP contribution < -0.4 is 5.32 Å². The SMILES string of the molecule is Cc1ccc(CCC(=O)Nc2cnccc2C(=O)O)cc1. The first kappa shape index (κ1) is 14.7. The number of pyridine rings is 1. The number of nitrogens with one attached hydrogen (secondary N) is 1. The van der Waals surface area contributed by atoms with Crippen molar-refractivity contribution >= 4 is 17.6 Å². The number of carboxylic acid groups (broad SMARTS) is 1. The van der Waals surface area contributed by atoms with E-state index in [1.165, 1.54) is 24.0 Å². The third kappa shape index (κ3) is 4.14. The van der Waals surface area contributed by atoms with Crippen molar-refractivity contribution in [1.29, 1.82) is 0 Å². The quantitative estimate of drug-likeness (QED) is 0.884. The van der Waals surface area contributed by atoms with Crippen LogP contribution in [0.3, 0.4) is 0 Å². The monoisotopic (exact) mass is 284 g/mol. The van der Waals surface area contributed by atoms with Crippen LogP contribution in [-0.4, -0.2) is 22.0 Å². The topological polar surface area (TPSA) is 79.3 Å². The van der Waals surface area contributed by atoms with E-state index in [-0.39, 0.29) is 23.6 Å². The number of hydrogen-bond acceptors (Lipinski definition) is 3. The van der Waals surface area contributed by atoms with E-state index in [0.717, 1.165) is 5.56 Å². The molecule has 0 aliphatic carbocycles. The van der Waals surface area contributed by atoms with Gasteiger partial charge in [0.05, 0.1) is 17.4 Å². The van der Waals surface area contributed by atoms with Gasteiger partial charge in [-0.05, 0) is 25.0 Å². The van der Waals surface area contributed by atoms with Gasteiger partial charge < -0.3 is 10.4 Å². The normalized spacial score (nSPS) is 10.1. The molecule has 0 aliphatic rings. The van der Waals surface area contributed by atoms with Gasteiger partial charge in [0.2, 0.25) is 5.91 Å². The van der Waals surface area contributed by atoms with Crippen LogP contribution in [0.4, 0.5) is 5.69 Å². The summed E-state index contributed by atoms with van der Waals surface area (Å²) in [5.41, 5.74) is 2.50. The molecule has 0 fully saturated rings. The largest absolute Gasteiger partial charge is 0.478 e. The van der Waals surface area contributed by atoms with Gasteiger partial charge in [-0.2, -0.15) is 0 Å². The van der Waals surface area contributed by atoms with E-state index in [1.807, 2.05) is 31.2 Å². The van der Waals surface area contributed by atoms with E-state index in [1.54, 1.807) is 0 Å². The van der Waals surface area contributed by atoms with Crippen LogP contribution in [0.1, 0.15) is 27.9 Å². The van der Waals surface area contributed by atoms with E-state index in [4.69, 9.17) is 5.11 Å². The second-order valence-electron chi connectivity index (χ2n) is 4.76. The molecule has 2 aromatic rings. The van der Waals surface area contributed by atoms with Crippen LogP contribution in [0.5, 0.6) is 0 Å². The van der Waals surface area contributed by atoms with Crippen LogP contribution in [0.15, 0.2) is 42.7 Å². The lowest BCUT2D eigenvalue weighted by atomic mass is 10.1. The summed E-state index contributed by atoms with van der Waals surface area (Å²) in [5.74, 6) is -1.32. The molecule has 0 saturated heterocycles. The number of anilines is 1. The number of carbonyl (C=O) groups excluding carboxylic acids is 1. The zero-order valence-corrected chi connectivity index (χ0v) is 11.7. The molecule has 1 amide bonds. The highest BCUT2D eigenvalue weighted by atomic mass is 16.4. The fraction of sp³-hybridized carbons (Fsp3) is 0.188. The molecule has 1 aromatic carbocycles. The maximum atomic E-state index is 11.9. The Morgan fingerprint density at radius 1 is 1.19 bits per heavy atom. The second kappa shape index (κ2) is 6.65. The standard InChI is InChI=1S/C16H16N2O3/c1-11-2-4-12(5-3-11)6-7-15(19)18-14-10-17-9-8-13(14)16(20)21/h2-5,8-10H,6-7H2,1H3,(H,18,19)(H,20,21). The van der Waals surface area contributed by atoms with Crippen molar-refractivity contribution in [3.63, 3.8) is 0 Å². The molecule has 0 saturated carbocycles. The van der Waals surface area contributed by atoms with E-state index < -0.39 is 5.97 Å². The summed E-state index contributed by atoms with van der Waals surface area (Å²) in [7, 11) is 0. The maximum absolute atomic E-state index is 11.9. The minimum absolute atomic E-state index is 0.0358. The number of aromatic carboxylic acids is 1. The average Bonchev–Trinajstić information content (AvgIpc) is 2.47. The molecule has 0 atom stereocenters. The molecule has 21 heavy (non-hydrogen) atoms. The van der Waals surface area contributed by atoms with Gasteiger partial charge in [0.15, 0.2) is 0 Å². The molecule has 0 radical (unpaired) electrons. The highest BCUT2D eigenvalue weighted by Gasteiger charge is 2.12. The van der Waals surface area contributed by atoms with Gasteiger partial charge in [-0.25, -0.2) is 4.79 Å². The van der Waals surface area contributed by atoms with Gasteiger partial charge >= 0.3 is 5.97 Å². The number of nitrogens with zero attached hydrogens (tertiary/aromatic N) is 1. The number of rotatable bonds is 5. The Bertz CT molecular complexity index is 651. The molecular weight excluding hydrogens is 268 g/mol. The van der Waals surface area contributed by atoms with Gasteiger partial charge in [0, 0.05) is 12.6 Å². The van der Waals surface area contributed by atoms with Crippen molar-refractivity contribution in [1.82, 2.24) is 4.98 Å². The number of carbonyl (C=O) groups is 2. The van der Waals surface area contributed by atoms with E-state index in [0.29, 0.717) is 6.42 Å². The molecule has 2 N–H and O–H groups in total. The maximum Gasteiger partial charge on any atom is 0.337 e. The molecule has 108 valence electrons. The van der Waals surface area contributed by atoms with Crippen molar-refractivity contribution in [2.75, 3.05) is 5.32 Å². The van der Waals surface area contributed by atoms with Crippen molar-refractivity contribution in [2.24, 2.45) is 0 Å². The van der Waals surface area contributed by atoms with E-state index >= 15 is 0 Å². The third-order valence-electron chi connectivity index (χ3n) is 3.09. The minimum Gasteiger partial charge on any atom is -0.478 e. The van der Waals surface area contributed by atoms with Crippen LogP contribution in [-0.2, 0) is 11.2 Å². The first-order chi connectivity index (χ1) is 10.1. The highest BCUT2D eigenvalue weighted by molar-refractivity contribution is 6.00. The summed E-state index contributed by atoms with van der Waals surface area (Å²) >= 11 is 0. The second-order valence-corrected chi connectivity index (χ2v) is 4.76. The van der Waals surface area contributed by atoms with E-state index in [2.05, 4.69) is 10.3 Å². The fourth-order valence-corrected chi connectivity index (χ4v) is 1.91. The Morgan fingerprint density at radius 2 is 1.90 bits per heavy atom. The number of benzene rings is 1. The number of carboxylic acids is 1. The smallest absolute Gasteiger partial charge is 0.337 e. The van der Waals surface area contributed by atoms with Gasteiger partial charge in [0.25, 0.3) is 0 Å². The molecule has 0 bridgehead atoms. The van der Waals surface area contributed by atoms with Crippen molar-refractivity contribution in [3.8, 4) is 0 Å². The number of amides is 1. The Morgan fingerprint density at radius 3 is 2.57 bits per heavy atom. The lowest BCUT2D eigenvalue weighted by Gasteiger charge is -2.07. The highest BCUT2D eigenvalue weighted by Crippen LogP contribution is 2.14. The molecule has 0 aliphatic heterocycles. The van der Waals surface area contributed by atoms with Crippen LogP contribution in [0.2, 0.25) is 0 Å². The lowest BCUT2D eigenvalue weighted by molar-refractivity contribution is -0.116. The fourth-order valence-electron chi connectivity index (χ4n) is 1.91. The summed E-state index contributed by atoms with van der Waals surface area (Å²) in [4.78, 5) is 26.8. The summed E-state index contributed by atoms with van der Waals surface area (Å²) < 4.78 is 0. The summed E-state index contributed by atoms with van der Waals surface area (Å²) in [6.07, 6.45) is 3.62. The van der Waals surface area contributed by atoms with Crippen molar-refractivity contribution in [2.45, 2.75) is 19.8 Å². The van der Waals surface area contributed by atoms with Gasteiger partial charge in [-0.3, -0.25) is 9.78 Å². The molecule has 5 heteroatoms. The summed E-state index contributed by atoms with van der Waals surface area (Å²) in [6, 6.07) is 9.32. The molecule has 5 nitrogen and oxygen atoms in total. The molecule has 0 spiro atoms. The lowest BCUT2D eigenvalue weighted by Crippen LogP contribution is -2.15. The Kier molecular flexibility index (Phi) is 4.66. The predicted octanol–water partition coefficient (Wildman–Crippen LogP) is 2.66. The first-order valence-corrected chi connectivity index (χ1v) is 6.59. The Labute approximate surface area is 122 Å². The van der Waals surface area contributed by atoms with Gasteiger partial charge in [0.1, 0.15) is 0 Å². The first-order valence-electron chi connectivity index (χ1n) is 6.59. The zero-order chi connectivity index (χ0) is 15.2. The van der Waals surface area contributed by atoms with Gasteiger partial charge in [-0.1, -0.05) is 29.8 Å². The number of aryl methyl sites for hydroxylation is 2. The molecular formula is C16H16N2O3. The summed E-state index contributed by atoms with van der Waals surface area (Å²) in [5, 5.41) is 11.6. The third-order valence-corrected chi connectivity index (χ3v) is 3.09. The minimum atomic E-state index is -1.09. The Balaban J connectivity index is 1.96. The molecule has 1 aromatic heterocycles. The number of aromatic nitrogens is 1. The molecule has 1 heterocycles. The molecule has 2 rings (SSSR count). The van der Waals surface area contributed by atoms with Crippen molar-refractivity contribution < 1.29 is 14.7 Å². The van der Waals surface area contributed by atoms with Gasteiger partial charge in [-0.15, -0.1) is 0 Å². The number of hydrogen-bond donors (Lipinski definition) is 2. The summed E-state index contributed by atoms with van der Waals surface area (Å²) in [6.45, 7) is 2.01. The van der Waals surface area contributed by atoms with Crippen molar-refractivity contribution in [3.05, 3.63) is 59.4 Å². The molecule has 0 unspecified atom stereocenters. The van der Waals surface area contributed by atoms with Crippen LogP contribution >= 0.6 is 0 Å². The predicted molar refractivity (Wildman–Crippen MR) is 79.3 cm³/mol. The van der Waals surface area contributed by atoms with Crippen LogP contribution in [0, 0.1) is 6.92 Å². The zero-order valence-electron chi connectivity index (χ0n) is 11.7. The van der Waals surface area contributed by atoms with E-state index in [9.17, 15) is 9.59 Å². The Hall–Kier alpha value is -2.69.